The van der Waals surface area contributed by atoms with Crippen molar-refractivity contribution in [2.45, 2.75) is 32.0 Å². The fourth-order valence-corrected chi connectivity index (χ4v) is 4.51. The zero-order valence-electron chi connectivity index (χ0n) is 20.1. The van der Waals surface area contributed by atoms with E-state index in [4.69, 9.17) is 19.2 Å². The number of nitrogens with one attached hydrogen (secondary N) is 1. The van der Waals surface area contributed by atoms with Gasteiger partial charge in [-0.1, -0.05) is 18.2 Å². The first-order chi connectivity index (χ1) is 17.3. The van der Waals surface area contributed by atoms with Gasteiger partial charge in [0.25, 0.3) is 0 Å². The molecular formula is C27H33N5O3. The van der Waals surface area contributed by atoms with Gasteiger partial charge in [0.05, 0.1) is 44.8 Å². The molecule has 1 saturated heterocycles. The SMILES string of the molecule is C1=C2C=C(COC/C=C/COCc3cncc(c3)-c3ccnc(n3)N2)C(OCCN2CCCC2)C1. The predicted octanol–water partition coefficient (Wildman–Crippen LogP) is 3.75. The highest BCUT2D eigenvalue weighted by atomic mass is 16.5. The van der Waals surface area contributed by atoms with E-state index in [0.29, 0.717) is 32.4 Å². The summed E-state index contributed by atoms with van der Waals surface area (Å²) in [6.45, 7) is 6.12. The van der Waals surface area contributed by atoms with Crippen LogP contribution >= 0.6 is 0 Å². The molecule has 3 aliphatic rings. The summed E-state index contributed by atoms with van der Waals surface area (Å²) in [5.41, 5.74) is 4.82. The smallest absolute Gasteiger partial charge is 0.227 e. The van der Waals surface area contributed by atoms with Crippen LogP contribution in [-0.4, -0.2) is 72.0 Å². The zero-order chi connectivity index (χ0) is 23.7. The van der Waals surface area contributed by atoms with Crippen LogP contribution < -0.4 is 5.32 Å². The van der Waals surface area contributed by atoms with E-state index in [0.717, 1.165) is 47.7 Å². The molecule has 8 heteroatoms. The molecule has 1 atom stereocenters. The Bertz CT molecular complexity index is 1080. The average molecular weight is 476 g/mol. The van der Waals surface area contributed by atoms with E-state index < -0.39 is 0 Å². The first-order valence-corrected chi connectivity index (χ1v) is 12.4. The standard InChI is InChI=1S/C27H33N5O3/c1-2-10-32(9-1)11-14-35-26-6-5-24-16-23(26)20-34-13-4-3-12-33-19-21-15-22(18-28-17-21)25-7-8-29-27(30-24)31-25/h3-5,7-8,15-18,26H,1-2,6,9-14,19-20H2,(H,29,30,31)/b4-3+. The molecule has 1 N–H and O–H groups in total. The fourth-order valence-electron chi connectivity index (χ4n) is 4.51. The molecule has 0 radical (unpaired) electrons. The Labute approximate surface area is 206 Å². The molecule has 1 aliphatic carbocycles. The number of fused-ring (bicyclic) bond motifs is 6. The Hall–Kier alpha value is -2.91. The van der Waals surface area contributed by atoms with Gasteiger partial charge < -0.3 is 24.4 Å². The summed E-state index contributed by atoms with van der Waals surface area (Å²) in [6, 6.07) is 3.94. The first-order valence-electron chi connectivity index (χ1n) is 12.4. The molecule has 0 aromatic carbocycles. The van der Waals surface area contributed by atoms with Gasteiger partial charge in [-0.2, -0.15) is 0 Å². The number of likely N-dealkylation sites (tertiary alicyclic amines) is 1. The van der Waals surface area contributed by atoms with E-state index in [2.05, 4.69) is 38.4 Å². The monoisotopic (exact) mass is 475 g/mol. The predicted molar refractivity (Wildman–Crippen MR) is 135 cm³/mol. The molecule has 2 aliphatic heterocycles. The molecule has 0 spiro atoms. The summed E-state index contributed by atoms with van der Waals surface area (Å²) in [5.74, 6) is 0.546. The minimum Gasteiger partial charge on any atom is -0.373 e. The second-order valence-electron chi connectivity index (χ2n) is 9.00. The van der Waals surface area contributed by atoms with Gasteiger partial charge in [-0.25, -0.2) is 9.97 Å². The Morgan fingerprint density at radius 2 is 1.94 bits per heavy atom. The van der Waals surface area contributed by atoms with E-state index >= 15 is 0 Å². The van der Waals surface area contributed by atoms with Gasteiger partial charge in [-0.3, -0.25) is 4.98 Å². The second-order valence-corrected chi connectivity index (χ2v) is 9.00. The average Bonchev–Trinajstić information content (AvgIpc) is 3.40. The van der Waals surface area contributed by atoms with E-state index in [9.17, 15) is 0 Å². The summed E-state index contributed by atoms with van der Waals surface area (Å²) in [5, 5.41) is 3.37. The third-order valence-corrected chi connectivity index (χ3v) is 6.37. The number of aromatic nitrogens is 3. The van der Waals surface area contributed by atoms with Gasteiger partial charge in [-0.05, 0) is 61.7 Å². The number of allylic oxidation sites excluding steroid dienone is 1. The Morgan fingerprint density at radius 3 is 2.83 bits per heavy atom. The quantitative estimate of drug-likeness (QED) is 0.670. The van der Waals surface area contributed by atoms with Crippen LogP contribution in [0.1, 0.15) is 24.8 Å². The van der Waals surface area contributed by atoms with Crippen molar-refractivity contribution in [3.8, 4) is 11.3 Å². The maximum absolute atomic E-state index is 6.30. The molecule has 2 aromatic heterocycles. The molecule has 35 heavy (non-hydrogen) atoms. The lowest BCUT2D eigenvalue weighted by molar-refractivity contribution is 0.0510. The van der Waals surface area contributed by atoms with Gasteiger partial charge in [0, 0.05) is 36.4 Å². The number of hydrogen-bond acceptors (Lipinski definition) is 8. The molecule has 8 nitrogen and oxygen atoms in total. The number of hydrogen-bond donors (Lipinski definition) is 1. The molecule has 0 saturated carbocycles. The molecule has 0 amide bonds. The molecule has 6 bridgehead atoms. The van der Waals surface area contributed by atoms with Gasteiger partial charge in [0.1, 0.15) is 0 Å². The van der Waals surface area contributed by atoms with Crippen molar-refractivity contribution in [2.75, 3.05) is 51.4 Å². The first kappa shape index (κ1) is 23.8. The Morgan fingerprint density at radius 1 is 1.09 bits per heavy atom. The minimum atomic E-state index is 0.0159. The maximum Gasteiger partial charge on any atom is 0.227 e. The maximum atomic E-state index is 6.30. The summed E-state index contributed by atoms with van der Waals surface area (Å²) in [6.07, 6.45) is 17.0. The lowest BCUT2D eigenvalue weighted by Crippen LogP contribution is -2.29. The molecule has 1 unspecified atom stereocenters. The summed E-state index contributed by atoms with van der Waals surface area (Å²) >= 11 is 0. The van der Waals surface area contributed by atoms with Crippen molar-refractivity contribution in [3.63, 3.8) is 0 Å². The van der Waals surface area contributed by atoms with Crippen molar-refractivity contribution in [1.82, 2.24) is 19.9 Å². The molecule has 5 rings (SSSR count). The van der Waals surface area contributed by atoms with Gasteiger partial charge >= 0.3 is 0 Å². The highest BCUT2D eigenvalue weighted by molar-refractivity contribution is 5.60. The fraction of sp³-hybridized carbons (Fsp3) is 0.444. The van der Waals surface area contributed by atoms with Crippen LogP contribution in [0.2, 0.25) is 0 Å². The van der Waals surface area contributed by atoms with Crippen LogP contribution in [0.15, 0.2) is 66.3 Å². The summed E-state index contributed by atoms with van der Waals surface area (Å²) in [7, 11) is 0. The van der Waals surface area contributed by atoms with Crippen molar-refractivity contribution in [3.05, 3.63) is 71.9 Å². The number of anilines is 1. The van der Waals surface area contributed by atoms with Gasteiger partial charge in [0.15, 0.2) is 0 Å². The van der Waals surface area contributed by atoms with Gasteiger partial charge in [0.2, 0.25) is 5.95 Å². The topological polar surface area (TPSA) is 81.6 Å². The van der Waals surface area contributed by atoms with E-state index in [-0.39, 0.29) is 6.10 Å². The van der Waals surface area contributed by atoms with Crippen molar-refractivity contribution in [2.24, 2.45) is 0 Å². The van der Waals surface area contributed by atoms with Crippen LogP contribution in [0, 0.1) is 0 Å². The lowest BCUT2D eigenvalue weighted by atomic mass is 10.00. The molecule has 184 valence electrons. The minimum absolute atomic E-state index is 0.0159. The molecule has 4 heterocycles. The normalized spacial score (nSPS) is 22.3. The number of pyridine rings is 1. The van der Waals surface area contributed by atoms with E-state index in [1.807, 2.05) is 30.6 Å². The van der Waals surface area contributed by atoms with Crippen LogP contribution in [0.3, 0.4) is 0 Å². The van der Waals surface area contributed by atoms with Crippen molar-refractivity contribution < 1.29 is 14.2 Å². The third kappa shape index (κ3) is 6.82. The summed E-state index contributed by atoms with van der Waals surface area (Å²) < 4.78 is 18.0. The second kappa shape index (κ2) is 12.2. The lowest BCUT2D eigenvalue weighted by Gasteiger charge is -2.25. The van der Waals surface area contributed by atoms with Crippen LogP contribution in [0.25, 0.3) is 11.3 Å². The van der Waals surface area contributed by atoms with Crippen molar-refractivity contribution >= 4 is 5.95 Å². The van der Waals surface area contributed by atoms with E-state index in [1.54, 1.807) is 6.20 Å². The van der Waals surface area contributed by atoms with Crippen LogP contribution in [-0.2, 0) is 20.8 Å². The molecule has 1 fully saturated rings. The molecular weight excluding hydrogens is 442 g/mol. The largest absolute Gasteiger partial charge is 0.373 e. The van der Waals surface area contributed by atoms with Crippen LogP contribution in [0.4, 0.5) is 5.95 Å². The third-order valence-electron chi connectivity index (χ3n) is 6.37. The Balaban J connectivity index is 1.32. The van der Waals surface area contributed by atoms with Crippen LogP contribution in [0.5, 0.6) is 0 Å². The van der Waals surface area contributed by atoms with Crippen molar-refractivity contribution in [1.29, 1.82) is 0 Å². The zero-order valence-corrected chi connectivity index (χ0v) is 20.1. The molecule has 2 aromatic rings. The Kier molecular flexibility index (Phi) is 8.28. The number of ether oxygens (including phenoxy) is 3. The highest BCUT2D eigenvalue weighted by Gasteiger charge is 2.20. The number of nitrogens with zero attached hydrogens (tertiary/aromatic N) is 4. The summed E-state index contributed by atoms with van der Waals surface area (Å²) in [4.78, 5) is 16.0. The van der Waals surface area contributed by atoms with Gasteiger partial charge in [-0.15, -0.1) is 0 Å². The van der Waals surface area contributed by atoms with E-state index in [1.165, 1.54) is 25.9 Å². The highest BCUT2D eigenvalue weighted by Crippen LogP contribution is 2.24. The number of rotatable bonds is 4.